The van der Waals surface area contributed by atoms with Crippen molar-refractivity contribution < 1.29 is 0 Å². The molecule has 0 atom stereocenters. The van der Waals surface area contributed by atoms with Crippen LogP contribution in [0.3, 0.4) is 0 Å². The predicted octanol–water partition coefficient (Wildman–Crippen LogP) is 5.10. The molecule has 0 N–H and O–H groups in total. The highest BCUT2D eigenvalue weighted by Crippen LogP contribution is 2.17. The van der Waals surface area contributed by atoms with E-state index in [4.69, 9.17) is 0 Å². The normalized spacial score (nSPS) is 10.5. The SMILES string of the molecule is C=CCCCc1ccc(CCC)c(CCC)c1. The van der Waals surface area contributed by atoms with Crippen LogP contribution in [0.4, 0.5) is 0 Å². The van der Waals surface area contributed by atoms with Crippen LogP contribution in [0.2, 0.25) is 0 Å². The van der Waals surface area contributed by atoms with Crippen molar-refractivity contribution >= 4 is 0 Å². The van der Waals surface area contributed by atoms with Gasteiger partial charge in [0.25, 0.3) is 0 Å². The van der Waals surface area contributed by atoms with E-state index in [2.05, 4.69) is 38.6 Å². The van der Waals surface area contributed by atoms with E-state index in [-0.39, 0.29) is 0 Å². The van der Waals surface area contributed by atoms with Gasteiger partial charge in [0.05, 0.1) is 0 Å². The van der Waals surface area contributed by atoms with Gasteiger partial charge in [0.1, 0.15) is 0 Å². The van der Waals surface area contributed by atoms with Gasteiger partial charge in [-0.05, 0) is 48.8 Å². The van der Waals surface area contributed by atoms with Gasteiger partial charge in [-0.3, -0.25) is 0 Å². The van der Waals surface area contributed by atoms with Gasteiger partial charge in [-0.2, -0.15) is 0 Å². The molecule has 0 heteroatoms. The van der Waals surface area contributed by atoms with Crippen LogP contribution in [0.25, 0.3) is 0 Å². The van der Waals surface area contributed by atoms with Gasteiger partial charge in [-0.15, -0.1) is 6.58 Å². The molecule has 0 radical (unpaired) electrons. The van der Waals surface area contributed by atoms with Gasteiger partial charge in [-0.25, -0.2) is 0 Å². The summed E-state index contributed by atoms with van der Waals surface area (Å²) in [6, 6.07) is 7.09. The molecule has 0 unspecified atom stereocenters. The quantitative estimate of drug-likeness (QED) is 0.430. The maximum atomic E-state index is 3.78. The molecule has 0 fully saturated rings. The van der Waals surface area contributed by atoms with E-state index in [1.54, 1.807) is 11.1 Å². The van der Waals surface area contributed by atoms with Crippen molar-refractivity contribution in [1.82, 2.24) is 0 Å². The summed E-state index contributed by atoms with van der Waals surface area (Å²) in [5.74, 6) is 0. The third kappa shape index (κ3) is 4.77. The number of hydrogen-bond acceptors (Lipinski definition) is 0. The van der Waals surface area contributed by atoms with Crippen molar-refractivity contribution in [2.45, 2.75) is 58.8 Å². The Kier molecular flexibility index (Phi) is 6.69. The van der Waals surface area contributed by atoms with Crippen molar-refractivity contribution in [3.8, 4) is 0 Å². The molecule has 0 nitrogen and oxygen atoms in total. The zero-order valence-electron chi connectivity index (χ0n) is 11.5. The highest BCUT2D eigenvalue weighted by Gasteiger charge is 2.03. The number of unbranched alkanes of at least 4 members (excludes halogenated alkanes) is 1. The first-order valence-corrected chi connectivity index (χ1v) is 7.03. The molecule has 0 amide bonds. The second kappa shape index (κ2) is 8.11. The Morgan fingerprint density at radius 1 is 1.00 bits per heavy atom. The summed E-state index contributed by atoms with van der Waals surface area (Å²) in [5, 5.41) is 0. The molecule has 0 aliphatic rings. The van der Waals surface area contributed by atoms with E-state index < -0.39 is 0 Å². The molecular weight excluding hydrogens is 204 g/mol. The first kappa shape index (κ1) is 14.0. The van der Waals surface area contributed by atoms with Crippen molar-refractivity contribution in [2.75, 3.05) is 0 Å². The zero-order chi connectivity index (χ0) is 12.5. The van der Waals surface area contributed by atoms with Gasteiger partial charge in [0.15, 0.2) is 0 Å². The van der Waals surface area contributed by atoms with Crippen LogP contribution in [0.15, 0.2) is 30.9 Å². The zero-order valence-corrected chi connectivity index (χ0v) is 11.5. The molecule has 17 heavy (non-hydrogen) atoms. The number of rotatable bonds is 8. The number of aryl methyl sites for hydroxylation is 3. The fourth-order valence-corrected chi connectivity index (χ4v) is 2.30. The first-order chi connectivity index (χ1) is 8.31. The van der Waals surface area contributed by atoms with Crippen molar-refractivity contribution in [3.63, 3.8) is 0 Å². The molecule has 0 aliphatic heterocycles. The van der Waals surface area contributed by atoms with E-state index in [0.717, 1.165) is 6.42 Å². The monoisotopic (exact) mass is 230 g/mol. The van der Waals surface area contributed by atoms with E-state index in [9.17, 15) is 0 Å². The highest BCUT2D eigenvalue weighted by atomic mass is 14.1. The minimum Gasteiger partial charge on any atom is -0.103 e. The summed E-state index contributed by atoms with van der Waals surface area (Å²) in [4.78, 5) is 0. The third-order valence-corrected chi connectivity index (χ3v) is 3.18. The minimum absolute atomic E-state index is 1.12. The van der Waals surface area contributed by atoms with Gasteiger partial charge in [0.2, 0.25) is 0 Å². The smallest absolute Gasteiger partial charge is 0.0276 e. The Morgan fingerprint density at radius 2 is 1.71 bits per heavy atom. The van der Waals surface area contributed by atoms with Gasteiger partial charge < -0.3 is 0 Å². The fraction of sp³-hybridized carbons (Fsp3) is 0.529. The molecule has 0 aliphatic carbocycles. The molecule has 0 aromatic heterocycles. The lowest BCUT2D eigenvalue weighted by Gasteiger charge is -2.10. The molecule has 1 rings (SSSR count). The standard InChI is InChI=1S/C17H26/c1-4-7-8-11-15-12-13-16(9-5-2)17(14-15)10-6-3/h4,12-14H,1,5-11H2,2-3H3. The summed E-state index contributed by atoms with van der Waals surface area (Å²) >= 11 is 0. The van der Waals surface area contributed by atoms with E-state index in [0.29, 0.717) is 0 Å². The van der Waals surface area contributed by atoms with E-state index >= 15 is 0 Å². The van der Waals surface area contributed by atoms with Gasteiger partial charge in [0, 0.05) is 0 Å². The molecule has 0 heterocycles. The minimum atomic E-state index is 1.12. The van der Waals surface area contributed by atoms with Gasteiger partial charge in [-0.1, -0.05) is 51.0 Å². The molecule has 0 saturated heterocycles. The average molecular weight is 230 g/mol. The predicted molar refractivity (Wildman–Crippen MR) is 77.6 cm³/mol. The van der Waals surface area contributed by atoms with Crippen LogP contribution >= 0.6 is 0 Å². The summed E-state index contributed by atoms with van der Waals surface area (Å²) in [7, 11) is 0. The lowest BCUT2D eigenvalue weighted by Crippen LogP contribution is -1.96. The summed E-state index contributed by atoms with van der Waals surface area (Å²) in [5.41, 5.74) is 4.63. The fourth-order valence-electron chi connectivity index (χ4n) is 2.30. The molecule has 1 aromatic carbocycles. The Bertz CT molecular complexity index is 336. The summed E-state index contributed by atoms with van der Waals surface area (Å²) in [6.07, 6.45) is 10.5. The van der Waals surface area contributed by atoms with Crippen molar-refractivity contribution in [1.29, 1.82) is 0 Å². The number of benzene rings is 1. The second-order valence-electron chi connectivity index (χ2n) is 4.78. The maximum absolute atomic E-state index is 3.78. The molecule has 94 valence electrons. The maximum Gasteiger partial charge on any atom is -0.0276 e. The Hall–Kier alpha value is -1.04. The van der Waals surface area contributed by atoms with Crippen LogP contribution in [-0.4, -0.2) is 0 Å². The lowest BCUT2D eigenvalue weighted by atomic mass is 9.95. The topological polar surface area (TPSA) is 0 Å². The van der Waals surface area contributed by atoms with Crippen LogP contribution in [0.5, 0.6) is 0 Å². The van der Waals surface area contributed by atoms with Gasteiger partial charge >= 0.3 is 0 Å². The van der Waals surface area contributed by atoms with Crippen molar-refractivity contribution in [2.24, 2.45) is 0 Å². The third-order valence-electron chi connectivity index (χ3n) is 3.18. The van der Waals surface area contributed by atoms with Crippen molar-refractivity contribution in [3.05, 3.63) is 47.5 Å². The number of allylic oxidation sites excluding steroid dienone is 1. The van der Waals surface area contributed by atoms with Crippen LogP contribution in [0.1, 0.15) is 56.2 Å². The largest absolute Gasteiger partial charge is 0.103 e. The molecule has 0 saturated carbocycles. The van der Waals surface area contributed by atoms with E-state index in [1.165, 1.54) is 44.1 Å². The molecule has 0 spiro atoms. The summed E-state index contributed by atoms with van der Waals surface area (Å²) < 4.78 is 0. The Morgan fingerprint density at radius 3 is 2.35 bits per heavy atom. The average Bonchev–Trinajstić information content (AvgIpc) is 2.33. The van der Waals surface area contributed by atoms with E-state index in [1.807, 2.05) is 6.08 Å². The molecular formula is C17H26. The van der Waals surface area contributed by atoms with Crippen LogP contribution in [0, 0.1) is 0 Å². The van der Waals surface area contributed by atoms with Crippen LogP contribution < -0.4 is 0 Å². The molecule has 0 bridgehead atoms. The van der Waals surface area contributed by atoms with Crippen LogP contribution in [-0.2, 0) is 19.3 Å². The summed E-state index contributed by atoms with van der Waals surface area (Å²) in [6.45, 7) is 8.30. The Labute approximate surface area is 107 Å². The number of hydrogen-bond donors (Lipinski definition) is 0. The molecule has 1 aromatic rings. The lowest BCUT2D eigenvalue weighted by molar-refractivity contribution is 0.827. The Balaban J connectivity index is 2.73. The second-order valence-corrected chi connectivity index (χ2v) is 4.78. The highest BCUT2D eigenvalue weighted by molar-refractivity contribution is 5.32. The first-order valence-electron chi connectivity index (χ1n) is 7.03.